The lowest BCUT2D eigenvalue weighted by atomic mass is 10.1. The van der Waals surface area contributed by atoms with Crippen LogP contribution in [0.3, 0.4) is 0 Å². The summed E-state index contributed by atoms with van der Waals surface area (Å²) < 4.78 is 0. The van der Waals surface area contributed by atoms with Crippen molar-refractivity contribution >= 4 is 17.3 Å². The Kier molecular flexibility index (Phi) is 7.93. The average Bonchev–Trinajstić information content (AvgIpc) is 2.69. The Bertz CT molecular complexity index is 640. The summed E-state index contributed by atoms with van der Waals surface area (Å²) in [6.07, 6.45) is 5.08. The minimum absolute atomic E-state index is 0.0724. The molecule has 0 radical (unpaired) electrons. The molecule has 1 aliphatic rings. The summed E-state index contributed by atoms with van der Waals surface area (Å²) in [7, 11) is 0. The van der Waals surface area contributed by atoms with Crippen molar-refractivity contribution in [2.24, 2.45) is 0 Å². The second kappa shape index (κ2) is 10.4. The van der Waals surface area contributed by atoms with Crippen molar-refractivity contribution < 1.29 is 15.0 Å². The topological polar surface area (TPSA) is 99.8 Å². The highest BCUT2D eigenvalue weighted by Crippen LogP contribution is 2.21. The molecule has 140 valence electrons. The Morgan fingerprint density at radius 3 is 2.31 bits per heavy atom. The summed E-state index contributed by atoms with van der Waals surface area (Å²) in [6.45, 7) is 1.84. The molecule has 26 heavy (non-hydrogen) atoms. The van der Waals surface area contributed by atoms with Gasteiger partial charge in [-0.15, -0.1) is 0 Å². The lowest BCUT2D eigenvalue weighted by molar-refractivity contribution is -0.127. The van der Waals surface area contributed by atoms with E-state index in [4.69, 9.17) is 10.2 Å². The van der Waals surface area contributed by atoms with E-state index in [0.717, 1.165) is 18.8 Å². The molecule has 0 aliphatic carbocycles. The molecule has 1 heterocycles. The fourth-order valence-corrected chi connectivity index (χ4v) is 2.94. The standard InChI is InChI=1S/C19H26N4O3/c20-14-16(19(26)23(10-12-24)11-13-25)15-21-17-4-6-18(7-5-17)22-8-2-1-3-9-22/h4-7,15,21,24-25H,1-3,8-13H2/b16-15-. The van der Waals surface area contributed by atoms with E-state index in [1.165, 1.54) is 36.0 Å². The highest BCUT2D eigenvalue weighted by molar-refractivity contribution is 5.97. The van der Waals surface area contributed by atoms with Crippen molar-refractivity contribution in [3.05, 3.63) is 36.0 Å². The smallest absolute Gasteiger partial charge is 0.266 e. The molecule has 0 saturated carbocycles. The summed E-state index contributed by atoms with van der Waals surface area (Å²) in [6, 6.07) is 9.75. The summed E-state index contributed by atoms with van der Waals surface area (Å²) in [5.41, 5.74) is 1.88. The molecule has 1 aromatic rings. The van der Waals surface area contributed by atoms with E-state index in [-0.39, 0.29) is 31.9 Å². The second-order valence-electron chi connectivity index (χ2n) is 6.15. The molecule has 0 atom stereocenters. The van der Waals surface area contributed by atoms with Crippen LogP contribution >= 0.6 is 0 Å². The predicted molar refractivity (Wildman–Crippen MR) is 101 cm³/mol. The van der Waals surface area contributed by atoms with Crippen molar-refractivity contribution in [1.82, 2.24) is 4.90 Å². The number of nitriles is 1. The number of aliphatic hydroxyl groups is 2. The summed E-state index contributed by atoms with van der Waals surface area (Å²) in [5.74, 6) is -0.520. The lowest BCUT2D eigenvalue weighted by Gasteiger charge is -2.28. The van der Waals surface area contributed by atoms with Crippen LogP contribution in [0.1, 0.15) is 19.3 Å². The number of anilines is 2. The molecule has 0 unspecified atom stereocenters. The maximum absolute atomic E-state index is 12.3. The molecule has 2 rings (SSSR count). The molecule has 0 bridgehead atoms. The molecule has 1 fully saturated rings. The van der Waals surface area contributed by atoms with Gasteiger partial charge in [0.05, 0.1) is 13.2 Å². The zero-order valence-electron chi connectivity index (χ0n) is 14.9. The van der Waals surface area contributed by atoms with Crippen LogP contribution in [0.2, 0.25) is 0 Å². The fourth-order valence-electron chi connectivity index (χ4n) is 2.94. The van der Waals surface area contributed by atoms with Crippen LogP contribution in [-0.4, -0.2) is 60.4 Å². The van der Waals surface area contributed by atoms with E-state index in [1.54, 1.807) is 0 Å². The molecule has 7 nitrogen and oxygen atoms in total. The number of nitrogens with zero attached hydrogens (tertiary/aromatic N) is 3. The Morgan fingerprint density at radius 2 is 1.77 bits per heavy atom. The van der Waals surface area contributed by atoms with Gasteiger partial charge in [0, 0.05) is 43.8 Å². The van der Waals surface area contributed by atoms with Gasteiger partial charge in [0.25, 0.3) is 5.91 Å². The molecule has 1 aromatic carbocycles. The van der Waals surface area contributed by atoms with Gasteiger partial charge in [-0.25, -0.2) is 0 Å². The first kappa shape index (κ1) is 19.8. The van der Waals surface area contributed by atoms with Gasteiger partial charge in [-0.3, -0.25) is 4.79 Å². The van der Waals surface area contributed by atoms with Crippen LogP contribution in [-0.2, 0) is 4.79 Å². The van der Waals surface area contributed by atoms with Crippen LogP contribution in [0.4, 0.5) is 11.4 Å². The van der Waals surface area contributed by atoms with Crippen LogP contribution in [0.15, 0.2) is 36.0 Å². The summed E-state index contributed by atoms with van der Waals surface area (Å²) in [4.78, 5) is 15.9. The molecular weight excluding hydrogens is 332 g/mol. The predicted octanol–water partition coefficient (Wildman–Crippen LogP) is 1.31. The lowest BCUT2D eigenvalue weighted by Crippen LogP contribution is -2.36. The molecule has 0 spiro atoms. The molecule has 1 saturated heterocycles. The third-order valence-corrected chi connectivity index (χ3v) is 4.35. The van der Waals surface area contributed by atoms with Crippen LogP contribution < -0.4 is 10.2 Å². The van der Waals surface area contributed by atoms with Crippen molar-refractivity contribution in [3.63, 3.8) is 0 Å². The number of rotatable bonds is 8. The normalized spacial score (nSPS) is 14.7. The first-order valence-electron chi connectivity index (χ1n) is 8.92. The third-order valence-electron chi connectivity index (χ3n) is 4.35. The highest BCUT2D eigenvalue weighted by atomic mass is 16.3. The van der Waals surface area contributed by atoms with Gasteiger partial charge in [0.2, 0.25) is 0 Å². The van der Waals surface area contributed by atoms with E-state index < -0.39 is 5.91 Å². The van der Waals surface area contributed by atoms with Gasteiger partial charge in [0.1, 0.15) is 11.6 Å². The van der Waals surface area contributed by atoms with E-state index in [1.807, 2.05) is 30.3 Å². The number of hydrogen-bond acceptors (Lipinski definition) is 6. The Morgan fingerprint density at radius 1 is 1.15 bits per heavy atom. The largest absolute Gasteiger partial charge is 0.395 e. The third kappa shape index (κ3) is 5.48. The fraction of sp³-hybridized carbons (Fsp3) is 0.474. The number of piperidine rings is 1. The number of amides is 1. The monoisotopic (exact) mass is 358 g/mol. The maximum Gasteiger partial charge on any atom is 0.266 e. The molecular formula is C19H26N4O3. The van der Waals surface area contributed by atoms with Gasteiger partial charge in [-0.2, -0.15) is 5.26 Å². The zero-order chi connectivity index (χ0) is 18.8. The SMILES string of the molecule is N#C/C(=C/Nc1ccc(N2CCCCC2)cc1)C(=O)N(CCO)CCO. The first-order chi connectivity index (χ1) is 12.7. The average molecular weight is 358 g/mol. The summed E-state index contributed by atoms with van der Waals surface area (Å²) >= 11 is 0. The summed E-state index contributed by atoms with van der Waals surface area (Å²) in [5, 5.41) is 30.2. The molecule has 3 N–H and O–H groups in total. The van der Waals surface area contributed by atoms with E-state index in [9.17, 15) is 10.1 Å². The number of carbonyl (C=O) groups excluding carboxylic acids is 1. The van der Waals surface area contributed by atoms with Crippen molar-refractivity contribution in [1.29, 1.82) is 5.26 Å². The van der Waals surface area contributed by atoms with Gasteiger partial charge >= 0.3 is 0 Å². The second-order valence-corrected chi connectivity index (χ2v) is 6.15. The number of carbonyl (C=O) groups is 1. The molecule has 0 aromatic heterocycles. The minimum Gasteiger partial charge on any atom is -0.395 e. The number of nitrogens with one attached hydrogen (secondary N) is 1. The number of aliphatic hydroxyl groups excluding tert-OH is 2. The first-order valence-corrected chi connectivity index (χ1v) is 8.92. The molecule has 7 heteroatoms. The number of hydrogen-bond donors (Lipinski definition) is 3. The van der Waals surface area contributed by atoms with Crippen molar-refractivity contribution in [3.8, 4) is 6.07 Å². The number of benzene rings is 1. The van der Waals surface area contributed by atoms with Crippen molar-refractivity contribution in [2.45, 2.75) is 19.3 Å². The Balaban J connectivity index is 2.01. The van der Waals surface area contributed by atoms with Gasteiger partial charge in [0.15, 0.2) is 0 Å². The van der Waals surface area contributed by atoms with Crippen molar-refractivity contribution in [2.75, 3.05) is 49.6 Å². The van der Waals surface area contributed by atoms with E-state index in [2.05, 4.69) is 10.2 Å². The highest BCUT2D eigenvalue weighted by Gasteiger charge is 2.17. The minimum atomic E-state index is -0.520. The van der Waals surface area contributed by atoms with Crippen LogP contribution in [0.5, 0.6) is 0 Å². The Labute approximate surface area is 154 Å². The van der Waals surface area contributed by atoms with Crippen LogP contribution in [0.25, 0.3) is 0 Å². The zero-order valence-corrected chi connectivity index (χ0v) is 14.9. The molecule has 1 amide bonds. The van der Waals surface area contributed by atoms with E-state index >= 15 is 0 Å². The Hall–Kier alpha value is -2.56. The quantitative estimate of drug-likeness (QED) is 0.479. The van der Waals surface area contributed by atoms with E-state index in [0.29, 0.717) is 0 Å². The molecule has 1 aliphatic heterocycles. The maximum atomic E-state index is 12.3. The van der Waals surface area contributed by atoms with Gasteiger partial charge in [-0.05, 0) is 43.5 Å². The van der Waals surface area contributed by atoms with Gasteiger partial charge < -0.3 is 25.3 Å². The van der Waals surface area contributed by atoms with Crippen LogP contribution in [0, 0.1) is 11.3 Å². The van der Waals surface area contributed by atoms with Gasteiger partial charge in [-0.1, -0.05) is 0 Å².